The van der Waals surface area contributed by atoms with E-state index in [1.165, 1.54) is 12.1 Å². The molecule has 0 heterocycles. The lowest BCUT2D eigenvalue weighted by molar-refractivity contribution is -0.149. The summed E-state index contributed by atoms with van der Waals surface area (Å²) in [6.07, 6.45) is 0. The molecule has 0 radical (unpaired) electrons. The molecule has 0 saturated heterocycles. The quantitative estimate of drug-likeness (QED) is 0.762. The third-order valence-corrected chi connectivity index (χ3v) is 7.43. The van der Waals surface area contributed by atoms with Crippen LogP contribution in [0, 0.1) is 5.41 Å². The molecule has 0 amide bonds. The second-order valence-electron chi connectivity index (χ2n) is 6.27. The molecule has 0 aromatic heterocycles. The van der Waals surface area contributed by atoms with Gasteiger partial charge in [0, 0.05) is 17.5 Å². The first-order chi connectivity index (χ1) is 12.4. The van der Waals surface area contributed by atoms with Gasteiger partial charge in [0.15, 0.2) is 9.84 Å². The van der Waals surface area contributed by atoms with E-state index in [1.54, 1.807) is 49.4 Å². The second-order valence-corrected chi connectivity index (χ2v) is 8.78. The summed E-state index contributed by atoms with van der Waals surface area (Å²) in [5.41, 5.74) is 5.34. The van der Waals surface area contributed by atoms with Gasteiger partial charge < -0.3 is 10.5 Å². The fourth-order valence-corrected chi connectivity index (χ4v) is 6.12. The number of hydrogen-bond acceptors (Lipinski definition) is 5. The van der Waals surface area contributed by atoms with Crippen LogP contribution in [0.25, 0.3) is 0 Å². The molecule has 138 valence electrons. The Labute approximate surface area is 158 Å². The number of sulfone groups is 1. The molecule has 1 fully saturated rings. The zero-order valence-corrected chi connectivity index (χ0v) is 15.8. The number of benzene rings is 2. The van der Waals surface area contributed by atoms with Gasteiger partial charge in [-0.25, -0.2) is 8.42 Å². The van der Waals surface area contributed by atoms with Gasteiger partial charge in [-0.15, -0.1) is 0 Å². The molecule has 0 bridgehead atoms. The zero-order valence-electron chi connectivity index (χ0n) is 14.3. The van der Waals surface area contributed by atoms with Crippen molar-refractivity contribution in [2.24, 2.45) is 11.1 Å². The van der Waals surface area contributed by atoms with Crippen molar-refractivity contribution in [1.82, 2.24) is 0 Å². The van der Waals surface area contributed by atoms with Gasteiger partial charge in [-0.05, 0) is 36.8 Å². The summed E-state index contributed by atoms with van der Waals surface area (Å²) in [7, 11) is -3.77. The third-order valence-electron chi connectivity index (χ3n) is 4.88. The lowest BCUT2D eigenvalue weighted by atomic mass is 9.99. The fraction of sp³-hybridized carbons (Fsp3) is 0.316. The molecule has 26 heavy (non-hydrogen) atoms. The van der Waals surface area contributed by atoms with E-state index in [0.717, 1.165) is 0 Å². The Bertz CT molecular complexity index is 899. The van der Waals surface area contributed by atoms with Gasteiger partial charge in [0.1, 0.15) is 5.41 Å². The third kappa shape index (κ3) is 2.92. The molecule has 0 spiro atoms. The van der Waals surface area contributed by atoms with Gasteiger partial charge in [-0.2, -0.15) is 0 Å². The Morgan fingerprint density at radius 3 is 2.31 bits per heavy atom. The summed E-state index contributed by atoms with van der Waals surface area (Å²) in [4.78, 5) is 12.9. The molecule has 3 atom stereocenters. The van der Waals surface area contributed by atoms with Crippen LogP contribution < -0.4 is 5.73 Å². The Morgan fingerprint density at radius 2 is 1.77 bits per heavy atom. The highest BCUT2D eigenvalue weighted by Gasteiger charge is 2.75. The van der Waals surface area contributed by atoms with Crippen molar-refractivity contribution >= 4 is 27.4 Å². The van der Waals surface area contributed by atoms with Crippen molar-refractivity contribution in [3.63, 3.8) is 0 Å². The molecule has 2 aromatic carbocycles. The summed E-state index contributed by atoms with van der Waals surface area (Å²) in [6.45, 7) is 1.73. The number of esters is 1. The predicted octanol–water partition coefficient (Wildman–Crippen LogP) is 2.79. The van der Waals surface area contributed by atoms with Crippen LogP contribution in [-0.2, 0) is 19.4 Å². The van der Waals surface area contributed by atoms with Crippen molar-refractivity contribution in [1.29, 1.82) is 0 Å². The topological polar surface area (TPSA) is 86.5 Å². The fourth-order valence-electron chi connectivity index (χ4n) is 3.59. The van der Waals surface area contributed by atoms with Crippen LogP contribution in [0.2, 0.25) is 5.02 Å². The maximum Gasteiger partial charge on any atom is 0.315 e. The summed E-state index contributed by atoms with van der Waals surface area (Å²) in [6, 6.07) is 14.9. The highest BCUT2D eigenvalue weighted by Crippen LogP contribution is 2.64. The first-order valence-electron chi connectivity index (χ1n) is 8.31. The Kier molecular flexibility index (Phi) is 5.10. The van der Waals surface area contributed by atoms with Crippen LogP contribution in [0.1, 0.15) is 18.4 Å². The number of nitrogens with two attached hydrogens (primary N) is 1. The van der Waals surface area contributed by atoms with Crippen LogP contribution >= 0.6 is 11.6 Å². The molecule has 1 aliphatic carbocycles. The molecule has 1 aliphatic rings. The van der Waals surface area contributed by atoms with Crippen LogP contribution in [0.5, 0.6) is 0 Å². The monoisotopic (exact) mass is 393 g/mol. The molecule has 2 N–H and O–H groups in total. The van der Waals surface area contributed by atoms with Gasteiger partial charge in [0.2, 0.25) is 0 Å². The van der Waals surface area contributed by atoms with Crippen molar-refractivity contribution in [3.8, 4) is 0 Å². The normalized spacial score (nSPS) is 24.9. The molecule has 3 rings (SSSR count). The highest BCUT2D eigenvalue weighted by molar-refractivity contribution is 7.92. The standard InChI is InChI=1S/C19H20ClNO4S/c1-2-25-18(22)19(12-21)16(13-8-10-14(20)11-9-13)17(19)26(23,24)15-6-4-3-5-7-15/h3-11,16-17H,2,12,21H2,1H3/t16-,17+,19+/m0/s1. The molecular formula is C19H20ClNO4S. The number of carbonyl (C=O) groups excluding carboxylic acids is 1. The first-order valence-corrected chi connectivity index (χ1v) is 10.2. The molecular weight excluding hydrogens is 374 g/mol. The molecule has 7 heteroatoms. The Morgan fingerprint density at radius 1 is 1.15 bits per heavy atom. The SMILES string of the molecule is CCOC(=O)[C@@]1(CN)[C@H](S(=O)(=O)c2ccccc2)[C@@H]1c1ccc(Cl)cc1. The van der Waals surface area contributed by atoms with Crippen LogP contribution in [0.3, 0.4) is 0 Å². The molecule has 2 aromatic rings. The van der Waals surface area contributed by atoms with Gasteiger partial charge in [-0.1, -0.05) is 41.9 Å². The molecule has 0 aliphatic heterocycles. The van der Waals surface area contributed by atoms with Crippen molar-refractivity contribution in [3.05, 3.63) is 65.2 Å². The summed E-state index contributed by atoms with van der Waals surface area (Å²) >= 11 is 5.94. The van der Waals surface area contributed by atoms with E-state index < -0.39 is 32.4 Å². The first kappa shape index (κ1) is 18.9. The smallest absolute Gasteiger partial charge is 0.315 e. The molecule has 0 unspecified atom stereocenters. The zero-order chi connectivity index (χ0) is 18.9. The molecule has 5 nitrogen and oxygen atoms in total. The maximum absolute atomic E-state index is 13.2. The Balaban J connectivity index is 2.11. The maximum atomic E-state index is 13.2. The lowest BCUT2D eigenvalue weighted by Gasteiger charge is -2.14. The minimum Gasteiger partial charge on any atom is -0.465 e. The minimum atomic E-state index is -3.77. The van der Waals surface area contributed by atoms with Crippen LogP contribution in [-0.4, -0.2) is 32.8 Å². The van der Waals surface area contributed by atoms with Crippen molar-refractivity contribution < 1.29 is 17.9 Å². The van der Waals surface area contributed by atoms with E-state index in [9.17, 15) is 13.2 Å². The van der Waals surface area contributed by atoms with E-state index in [4.69, 9.17) is 22.1 Å². The summed E-state index contributed by atoms with van der Waals surface area (Å²) in [5.74, 6) is -1.15. The van der Waals surface area contributed by atoms with Crippen molar-refractivity contribution in [2.75, 3.05) is 13.2 Å². The van der Waals surface area contributed by atoms with E-state index >= 15 is 0 Å². The van der Waals surface area contributed by atoms with Crippen LogP contribution in [0.4, 0.5) is 0 Å². The number of rotatable bonds is 6. The van der Waals surface area contributed by atoms with E-state index in [0.29, 0.717) is 10.6 Å². The van der Waals surface area contributed by atoms with Gasteiger partial charge >= 0.3 is 5.97 Å². The lowest BCUT2D eigenvalue weighted by Crippen LogP contribution is -2.33. The Hall–Kier alpha value is -1.89. The van der Waals surface area contributed by atoms with Crippen LogP contribution in [0.15, 0.2) is 59.5 Å². The summed E-state index contributed by atoms with van der Waals surface area (Å²) < 4.78 is 31.7. The number of carbonyl (C=O) groups is 1. The van der Waals surface area contributed by atoms with Gasteiger partial charge in [0.05, 0.1) is 16.8 Å². The summed E-state index contributed by atoms with van der Waals surface area (Å²) in [5, 5.41) is -0.436. The average molecular weight is 394 g/mol. The van der Waals surface area contributed by atoms with E-state index in [2.05, 4.69) is 0 Å². The van der Waals surface area contributed by atoms with Crippen molar-refractivity contribution in [2.45, 2.75) is 23.0 Å². The second kappa shape index (κ2) is 7.02. The molecule has 1 saturated carbocycles. The predicted molar refractivity (Wildman–Crippen MR) is 99.7 cm³/mol. The van der Waals surface area contributed by atoms with E-state index in [-0.39, 0.29) is 18.0 Å². The van der Waals surface area contributed by atoms with E-state index in [1.807, 2.05) is 0 Å². The van der Waals surface area contributed by atoms with Gasteiger partial charge in [0.25, 0.3) is 0 Å². The van der Waals surface area contributed by atoms with Gasteiger partial charge in [-0.3, -0.25) is 4.79 Å². The number of halogens is 1. The largest absolute Gasteiger partial charge is 0.465 e. The average Bonchev–Trinajstić information content (AvgIpc) is 3.35. The number of ether oxygens (including phenoxy) is 1. The number of hydrogen-bond donors (Lipinski definition) is 1. The minimum absolute atomic E-state index is 0.115. The highest BCUT2D eigenvalue weighted by atomic mass is 35.5.